The second-order valence-electron chi connectivity index (χ2n) is 11.3. The van der Waals surface area contributed by atoms with Gasteiger partial charge < -0.3 is 14.7 Å². The third-order valence-electron chi connectivity index (χ3n) is 8.35. The molecule has 3 unspecified atom stereocenters. The Labute approximate surface area is 270 Å². The molecule has 0 saturated carbocycles. The van der Waals surface area contributed by atoms with Crippen LogP contribution >= 0.6 is 15.9 Å². The Morgan fingerprint density at radius 2 is 1.29 bits per heavy atom. The van der Waals surface area contributed by atoms with Gasteiger partial charge >= 0.3 is 0 Å². The van der Waals surface area contributed by atoms with Gasteiger partial charge in [0.05, 0.1) is 18.1 Å². The number of halogens is 3. The third-order valence-corrected chi connectivity index (χ3v) is 8.99. The van der Waals surface area contributed by atoms with Crippen LogP contribution in [0.1, 0.15) is 47.2 Å². The van der Waals surface area contributed by atoms with Crippen molar-refractivity contribution in [2.75, 3.05) is 4.90 Å². The first-order valence-corrected chi connectivity index (χ1v) is 16.0. The molecule has 6 rings (SSSR count). The SMILES string of the molecule is O=C1C(CCC(O)c2ccc(F)cc2)C(c2ccc(OCc3ccc(-c4ccc(CBr)cc4)cc3)cc2)N1c1ccc(F)cc1. The van der Waals surface area contributed by atoms with E-state index in [4.69, 9.17) is 4.74 Å². The van der Waals surface area contributed by atoms with Crippen LogP contribution in [0.15, 0.2) is 121 Å². The molecule has 1 aliphatic rings. The molecule has 1 amide bonds. The molecule has 0 aromatic heterocycles. The predicted octanol–water partition coefficient (Wildman–Crippen LogP) is 9.32. The number of rotatable bonds is 11. The molecule has 0 bridgehead atoms. The minimum absolute atomic E-state index is 0.0826. The van der Waals surface area contributed by atoms with Crippen LogP contribution in [0.3, 0.4) is 0 Å². The minimum atomic E-state index is -0.816. The standard InChI is InChI=1S/C38H32BrF2NO3/c39-23-25-1-5-27(6-2-25)28-7-3-26(4-8-28)24-45-34-19-11-30(12-20-34)37-35(21-22-36(43)29-9-13-31(40)14-10-29)38(44)42(37)33-17-15-32(41)16-18-33/h1-20,35-37,43H,21-24H2. The molecule has 0 aliphatic carbocycles. The molecule has 0 radical (unpaired) electrons. The quantitative estimate of drug-likeness (QED) is 0.113. The number of aliphatic hydroxyl groups excluding tert-OH is 1. The minimum Gasteiger partial charge on any atom is -0.489 e. The number of amides is 1. The van der Waals surface area contributed by atoms with Crippen molar-refractivity contribution in [2.45, 2.75) is 36.9 Å². The third kappa shape index (κ3) is 7.00. The van der Waals surface area contributed by atoms with Crippen molar-refractivity contribution >= 4 is 27.5 Å². The van der Waals surface area contributed by atoms with E-state index in [9.17, 15) is 18.7 Å². The fourth-order valence-corrected chi connectivity index (χ4v) is 6.17. The molecule has 0 spiro atoms. The van der Waals surface area contributed by atoms with Gasteiger partial charge in [-0.3, -0.25) is 4.79 Å². The lowest BCUT2D eigenvalue weighted by Gasteiger charge is -2.48. The zero-order chi connectivity index (χ0) is 31.3. The topological polar surface area (TPSA) is 49.8 Å². The Balaban J connectivity index is 1.13. The van der Waals surface area contributed by atoms with E-state index in [-0.39, 0.29) is 29.5 Å². The summed E-state index contributed by atoms with van der Waals surface area (Å²) < 4.78 is 33.1. The molecule has 1 N–H and O–H groups in total. The van der Waals surface area contributed by atoms with E-state index in [1.54, 1.807) is 29.2 Å². The van der Waals surface area contributed by atoms with Gasteiger partial charge in [-0.1, -0.05) is 88.7 Å². The molecule has 1 saturated heterocycles. The summed E-state index contributed by atoms with van der Waals surface area (Å²) in [6.07, 6.45) is -0.0319. The zero-order valence-electron chi connectivity index (χ0n) is 24.5. The maximum Gasteiger partial charge on any atom is 0.233 e. The maximum absolute atomic E-state index is 13.7. The van der Waals surface area contributed by atoms with E-state index < -0.39 is 6.10 Å². The highest BCUT2D eigenvalue weighted by Gasteiger charge is 2.48. The van der Waals surface area contributed by atoms with Crippen molar-refractivity contribution < 1.29 is 23.4 Å². The smallest absolute Gasteiger partial charge is 0.233 e. The zero-order valence-corrected chi connectivity index (χ0v) is 26.0. The summed E-state index contributed by atoms with van der Waals surface area (Å²) in [4.78, 5) is 15.0. The van der Waals surface area contributed by atoms with Crippen LogP contribution in [0.2, 0.25) is 0 Å². The van der Waals surface area contributed by atoms with E-state index in [0.717, 1.165) is 27.6 Å². The molecule has 4 nitrogen and oxygen atoms in total. The lowest BCUT2D eigenvalue weighted by Crippen LogP contribution is -2.55. The van der Waals surface area contributed by atoms with E-state index in [0.29, 0.717) is 36.4 Å². The lowest BCUT2D eigenvalue weighted by molar-refractivity contribution is -0.131. The van der Waals surface area contributed by atoms with Gasteiger partial charge in [-0.15, -0.1) is 0 Å². The van der Waals surface area contributed by atoms with E-state index in [2.05, 4.69) is 64.5 Å². The Bertz CT molecular complexity index is 1730. The van der Waals surface area contributed by atoms with E-state index in [1.165, 1.54) is 29.8 Å². The van der Waals surface area contributed by atoms with Crippen LogP contribution in [0, 0.1) is 17.6 Å². The highest BCUT2D eigenvalue weighted by atomic mass is 79.9. The molecule has 228 valence electrons. The molecule has 45 heavy (non-hydrogen) atoms. The summed E-state index contributed by atoms with van der Waals surface area (Å²) in [5, 5.41) is 11.5. The number of ether oxygens (including phenoxy) is 1. The van der Waals surface area contributed by atoms with Crippen molar-refractivity contribution in [3.8, 4) is 16.9 Å². The number of hydrogen-bond acceptors (Lipinski definition) is 3. The molecule has 5 aromatic rings. The fourth-order valence-electron chi connectivity index (χ4n) is 5.80. The molecule has 3 atom stereocenters. The number of hydrogen-bond donors (Lipinski definition) is 1. The first-order valence-electron chi connectivity index (χ1n) is 14.9. The van der Waals surface area contributed by atoms with Crippen LogP contribution in [-0.4, -0.2) is 11.0 Å². The average Bonchev–Trinajstić information content (AvgIpc) is 3.08. The summed E-state index contributed by atoms with van der Waals surface area (Å²) in [6.45, 7) is 0.412. The molecule has 1 heterocycles. The molecule has 1 fully saturated rings. The van der Waals surface area contributed by atoms with Gasteiger partial charge in [-0.05, 0) is 94.8 Å². The monoisotopic (exact) mass is 667 g/mol. The summed E-state index contributed by atoms with van der Waals surface area (Å²) >= 11 is 3.48. The Hall–Kier alpha value is -4.33. The van der Waals surface area contributed by atoms with Crippen molar-refractivity contribution in [1.82, 2.24) is 0 Å². The van der Waals surface area contributed by atoms with E-state index in [1.807, 2.05) is 24.3 Å². The van der Waals surface area contributed by atoms with Crippen LogP contribution < -0.4 is 9.64 Å². The molecular weight excluding hydrogens is 636 g/mol. The number of benzene rings is 5. The van der Waals surface area contributed by atoms with Crippen molar-refractivity contribution in [3.63, 3.8) is 0 Å². The van der Waals surface area contributed by atoms with Gasteiger partial charge in [0.25, 0.3) is 0 Å². The van der Waals surface area contributed by atoms with Crippen LogP contribution in [0.25, 0.3) is 11.1 Å². The average molecular weight is 669 g/mol. The van der Waals surface area contributed by atoms with Gasteiger partial charge in [0.15, 0.2) is 0 Å². The Morgan fingerprint density at radius 3 is 1.87 bits per heavy atom. The number of carbonyl (C=O) groups excluding carboxylic acids is 1. The molecule has 1 aliphatic heterocycles. The summed E-state index contributed by atoms with van der Waals surface area (Å²) in [5.74, 6) is -0.489. The largest absolute Gasteiger partial charge is 0.489 e. The highest BCUT2D eigenvalue weighted by molar-refractivity contribution is 9.08. The van der Waals surface area contributed by atoms with Crippen molar-refractivity contribution in [1.29, 1.82) is 0 Å². The van der Waals surface area contributed by atoms with Crippen molar-refractivity contribution in [3.05, 3.63) is 155 Å². The Kier molecular flexibility index (Phi) is 9.38. The first kappa shape index (κ1) is 30.7. The molecule has 5 aromatic carbocycles. The second-order valence-corrected chi connectivity index (χ2v) is 11.8. The predicted molar refractivity (Wildman–Crippen MR) is 176 cm³/mol. The van der Waals surface area contributed by atoms with Gasteiger partial charge in [-0.25, -0.2) is 8.78 Å². The maximum atomic E-state index is 13.7. The second kappa shape index (κ2) is 13.8. The van der Waals surface area contributed by atoms with Gasteiger partial charge in [0, 0.05) is 11.0 Å². The number of anilines is 1. The van der Waals surface area contributed by atoms with Gasteiger partial charge in [0.2, 0.25) is 5.91 Å². The normalized spacial score (nSPS) is 16.7. The summed E-state index contributed by atoms with van der Waals surface area (Å²) in [6, 6.07) is 35.8. The Morgan fingerprint density at radius 1 is 0.733 bits per heavy atom. The van der Waals surface area contributed by atoms with Gasteiger partial charge in [0.1, 0.15) is 24.0 Å². The van der Waals surface area contributed by atoms with Crippen LogP contribution in [-0.2, 0) is 16.7 Å². The first-order chi connectivity index (χ1) is 21.9. The van der Waals surface area contributed by atoms with E-state index >= 15 is 0 Å². The number of aliphatic hydroxyl groups is 1. The van der Waals surface area contributed by atoms with Gasteiger partial charge in [-0.2, -0.15) is 0 Å². The molecular formula is C38H32BrF2NO3. The number of nitrogens with zero attached hydrogens (tertiary/aromatic N) is 1. The van der Waals surface area contributed by atoms with Crippen LogP contribution in [0.4, 0.5) is 14.5 Å². The molecule has 7 heteroatoms. The van der Waals surface area contributed by atoms with Crippen LogP contribution in [0.5, 0.6) is 5.75 Å². The summed E-state index contributed by atoms with van der Waals surface area (Å²) in [5.41, 5.74) is 6.73. The lowest BCUT2D eigenvalue weighted by atomic mass is 9.78. The number of β-lactam (4-membered cyclic amide) rings is 1. The fraction of sp³-hybridized carbons (Fsp3) is 0.184. The highest BCUT2D eigenvalue weighted by Crippen LogP contribution is 2.46. The summed E-state index contributed by atoms with van der Waals surface area (Å²) in [7, 11) is 0. The van der Waals surface area contributed by atoms with Crippen molar-refractivity contribution in [2.24, 2.45) is 5.92 Å². The number of alkyl halides is 1. The number of carbonyl (C=O) groups is 1.